The molecule has 1 N–H and O–H groups in total. The van der Waals surface area contributed by atoms with Gasteiger partial charge in [0.1, 0.15) is 11.5 Å². The maximum absolute atomic E-state index is 11.8. The molecule has 1 atom stereocenters. The van der Waals surface area contributed by atoms with Gasteiger partial charge in [0.2, 0.25) is 0 Å². The van der Waals surface area contributed by atoms with Crippen LogP contribution in [0.3, 0.4) is 0 Å². The van der Waals surface area contributed by atoms with Gasteiger partial charge in [0.25, 0.3) is 0 Å². The summed E-state index contributed by atoms with van der Waals surface area (Å²) in [5.41, 5.74) is 0.815. The number of carboxylic acid groups (broad SMARTS) is 1. The normalized spacial score (nSPS) is 13.8. The van der Waals surface area contributed by atoms with Crippen molar-refractivity contribution >= 4 is 5.97 Å². The Balaban J connectivity index is 2.76. The second kappa shape index (κ2) is 7.18. The van der Waals surface area contributed by atoms with Gasteiger partial charge in [0.15, 0.2) is 0 Å². The van der Waals surface area contributed by atoms with E-state index in [-0.39, 0.29) is 11.8 Å². The fourth-order valence-electron chi connectivity index (χ4n) is 3.49. The van der Waals surface area contributed by atoms with Gasteiger partial charge in [-0.15, -0.1) is 0 Å². The minimum Gasteiger partial charge on any atom is -0.497 e. The first-order valence-electron chi connectivity index (χ1n) is 8.25. The van der Waals surface area contributed by atoms with E-state index in [1.54, 1.807) is 14.2 Å². The van der Waals surface area contributed by atoms with Gasteiger partial charge in [-0.05, 0) is 40.8 Å². The first-order valence-corrected chi connectivity index (χ1v) is 8.25. The zero-order chi connectivity index (χ0) is 18.7. The van der Waals surface area contributed by atoms with Crippen LogP contribution in [-0.2, 0) is 10.2 Å². The summed E-state index contributed by atoms with van der Waals surface area (Å²) in [4.78, 5) is 11.8. The van der Waals surface area contributed by atoms with Gasteiger partial charge >= 0.3 is 5.97 Å². The highest BCUT2D eigenvalue weighted by Gasteiger charge is 2.46. The quantitative estimate of drug-likeness (QED) is 0.839. The van der Waals surface area contributed by atoms with Crippen LogP contribution in [0.1, 0.15) is 38.3 Å². The first kappa shape index (κ1) is 18.8. The molecule has 2 aromatic rings. The molecule has 0 aliphatic rings. The fraction of sp³-hybridized carbons (Fsp3) is 0.381. The fourth-order valence-corrected chi connectivity index (χ4v) is 3.49. The zero-order valence-corrected chi connectivity index (χ0v) is 15.5. The number of rotatable bonds is 6. The summed E-state index contributed by atoms with van der Waals surface area (Å²) >= 11 is 0. The van der Waals surface area contributed by atoms with E-state index in [2.05, 4.69) is 20.8 Å². The molecule has 4 nitrogen and oxygen atoms in total. The van der Waals surface area contributed by atoms with E-state index in [0.717, 1.165) is 16.9 Å². The van der Waals surface area contributed by atoms with E-state index in [1.165, 1.54) is 0 Å². The van der Waals surface area contributed by atoms with E-state index >= 15 is 0 Å². The van der Waals surface area contributed by atoms with Gasteiger partial charge in [-0.3, -0.25) is 4.79 Å². The molecular weight excluding hydrogens is 316 g/mol. The Hall–Kier alpha value is -2.49. The van der Waals surface area contributed by atoms with Crippen molar-refractivity contribution in [2.75, 3.05) is 14.2 Å². The molecular formula is C21H26O4. The largest absolute Gasteiger partial charge is 0.497 e. The number of hydrogen-bond donors (Lipinski definition) is 1. The van der Waals surface area contributed by atoms with Crippen LogP contribution in [0.25, 0.3) is 0 Å². The van der Waals surface area contributed by atoms with E-state index in [0.29, 0.717) is 5.75 Å². The third-order valence-electron chi connectivity index (χ3n) is 4.84. The second-order valence-corrected chi connectivity index (χ2v) is 7.19. The minimum atomic E-state index is -0.839. The summed E-state index contributed by atoms with van der Waals surface area (Å²) in [7, 11) is 3.23. The summed E-state index contributed by atoms with van der Waals surface area (Å²) in [5, 5.41) is 9.71. The van der Waals surface area contributed by atoms with Crippen molar-refractivity contribution in [3.8, 4) is 11.5 Å². The predicted octanol–water partition coefficient (Wildman–Crippen LogP) is 4.51. The SMILES string of the molecule is COc1ccc(C(CC(=O)O)(c2cccc(OC)c2)C(C)(C)C)cc1. The molecule has 0 heterocycles. The molecule has 0 bridgehead atoms. The van der Waals surface area contributed by atoms with Crippen LogP contribution in [0, 0.1) is 5.41 Å². The average molecular weight is 342 g/mol. The summed E-state index contributed by atoms with van der Waals surface area (Å²) < 4.78 is 10.6. The van der Waals surface area contributed by atoms with E-state index in [4.69, 9.17) is 9.47 Å². The summed E-state index contributed by atoms with van der Waals surface area (Å²) in [6.07, 6.45) is -0.0179. The molecule has 0 spiro atoms. The van der Waals surface area contributed by atoms with E-state index < -0.39 is 11.4 Å². The van der Waals surface area contributed by atoms with Crippen LogP contribution in [0.2, 0.25) is 0 Å². The molecule has 1 unspecified atom stereocenters. The molecule has 0 saturated heterocycles. The molecule has 2 aromatic carbocycles. The second-order valence-electron chi connectivity index (χ2n) is 7.19. The molecule has 25 heavy (non-hydrogen) atoms. The monoisotopic (exact) mass is 342 g/mol. The van der Waals surface area contributed by atoms with Crippen molar-refractivity contribution in [2.24, 2.45) is 5.41 Å². The molecule has 4 heteroatoms. The number of methoxy groups -OCH3 is 2. The van der Waals surface area contributed by atoms with Crippen LogP contribution in [0.4, 0.5) is 0 Å². The zero-order valence-electron chi connectivity index (χ0n) is 15.5. The Labute approximate surface area is 149 Å². The molecule has 134 valence electrons. The van der Waals surface area contributed by atoms with Crippen molar-refractivity contribution in [3.05, 3.63) is 59.7 Å². The standard InChI is InChI=1S/C21H26O4/c1-20(2,3)21(14-19(22)23,15-9-11-17(24-4)12-10-15)16-7-6-8-18(13-16)25-5/h6-13H,14H2,1-5H3,(H,22,23). The molecule has 0 fully saturated rings. The van der Waals surface area contributed by atoms with Crippen LogP contribution < -0.4 is 9.47 Å². The Bertz CT molecular complexity index is 728. The summed E-state index contributed by atoms with van der Waals surface area (Å²) in [6, 6.07) is 15.3. The molecule has 0 aliphatic heterocycles. The molecule has 0 aromatic heterocycles. The van der Waals surface area contributed by atoms with Gasteiger partial charge in [-0.25, -0.2) is 0 Å². The van der Waals surface area contributed by atoms with Crippen molar-refractivity contribution in [3.63, 3.8) is 0 Å². The van der Waals surface area contributed by atoms with Crippen LogP contribution in [0.5, 0.6) is 11.5 Å². The van der Waals surface area contributed by atoms with Gasteiger partial charge in [0, 0.05) is 5.41 Å². The Kier molecular flexibility index (Phi) is 5.41. The Morgan fingerprint density at radius 2 is 1.52 bits per heavy atom. The molecule has 0 radical (unpaired) electrons. The first-order chi connectivity index (χ1) is 11.7. The highest BCUT2D eigenvalue weighted by Crippen LogP contribution is 2.50. The smallest absolute Gasteiger partial charge is 0.304 e. The topological polar surface area (TPSA) is 55.8 Å². The number of hydrogen-bond acceptors (Lipinski definition) is 3. The van der Waals surface area contributed by atoms with Crippen LogP contribution in [0.15, 0.2) is 48.5 Å². The lowest BCUT2D eigenvalue weighted by Crippen LogP contribution is -2.43. The lowest BCUT2D eigenvalue weighted by molar-refractivity contribution is -0.139. The molecule has 0 saturated carbocycles. The number of carbonyl (C=O) groups is 1. The third-order valence-corrected chi connectivity index (χ3v) is 4.84. The van der Waals surface area contributed by atoms with E-state index in [9.17, 15) is 9.90 Å². The lowest BCUT2D eigenvalue weighted by atomic mass is 9.57. The average Bonchev–Trinajstić information content (AvgIpc) is 2.58. The van der Waals surface area contributed by atoms with Crippen molar-refractivity contribution in [2.45, 2.75) is 32.6 Å². The van der Waals surface area contributed by atoms with Gasteiger partial charge in [-0.1, -0.05) is 45.0 Å². The van der Waals surface area contributed by atoms with Crippen molar-refractivity contribution < 1.29 is 19.4 Å². The highest BCUT2D eigenvalue weighted by atomic mass is 16.5. The van der Waals surface area contributed by atoms with Crippen molar-refractivity contribution in [1.82, 2.24) is 0 Å². The molecule has 0 amide bonds. The maximum Gasteiger partial charge on any atom is 0.304 e. The summed E-state index contributed by atoms with van der Waals surface area (Å²) in [6.45, 7) is 6.21. The highest BCUT2D eigenvalue weighted by molar-refractivity contribution is 5.71. The lowest BCUT2D eigenvalue weighted by Gasteiger charge is -2.45. The van der Waals surface area contributed by atoms with Crippen LogP contribution >= 0.6 is 0 Å². The van der Waals surface area contributed by atoms with Crippen molar-refractivity contribution in [1.29, 1.82) is 0 Å². The van der Waals surface area contributed by atoms with E-state index in [1.807, 2.05) is 48.5 Å². The van der Waals surface area contributed by atoms with Gasteiger partial charge in [0.05, 0.1) is 20.6 Å². The molecule has 2 rings (SSSR count). The third kappa shape index (κ3) is 3.63. The summed E-state index contributed by atoms with van der Waals surface area (Å²) in [5.74, 6) is 0.617. The minimum absolute atomic E-state index is 0.0179. The van der Waals surface area contributed by atoms with Crippen LogP contribution in [-0.4, -0.2) is 25.3 Å². The Morgan fingerprint density at radius 3 is 2.00 bits per heavy atom. The molecule has 0 aliphatic carbocycles. The van der Waals surface area contributed by atoms with Gasteiger partial charge in [-0.2, -0.15) is 0 Å². The Morgan fingerprint density at radius 1 is 0.920 bits per heavy atom. The number of carboxylic acids is 1. The number of aliphatic carboxylic acids is 1. The number of ether oxygens (including phenoxy) is 2. The number of benzene rings is 2. The predicted molar refractivity (Wildman–Crippen MR) is 98.5 cm³/mol. The van der Waals surface area contributed by atoms with Gasteiger partial charge < -0.3 is 14.6 Å². The maximum atomic E-state index is 11.8.